The van der Waals surface area contributed by atoms with Crippen molar-refractivity contribution in [2.75, 3.05) is 19.5 Å². The van der Waals surface area contributed by atoms with E-state index >= 15 is 0 Å². The highest BCUT2D eigenvalue weighted by atomic mass is 32.1. The first kappa shape index (κ1) is 23.7. The predicted molar refractivity (Wildman–Crippen MR) is 138 cm³/mol. The summed E-state index contributed by atoms with van der Waals surface area (Å²) < 4.78 is 15.5. The number of nitrogens with zero attached hydrogens (tertiary/aromatic N) is 2. The van der Waals surface area contributed by atoms with E-state index in [2.05, 4.69) is 27.7 Å². The van der Waals surface area contributed by atoms with E-state index < -0.39 is 6.04 Å². The Morgan fingerprint density at radius 3 is 2.65 bits per heavy atom. The Labute approximate surface area is 203 Å². The van der Waals surface area contributed by atoms with Gasteiger partial charge in [0.1, 0.15) is 11.5 Å². The molecule has 0 aliphatic carbocycles. The van der Waals surface area contributed by atoms with E-state index in [1.165, 1.54) is 11.5 Å². The summed E-state index contributed by atoms with van der Waals surface area (Å²) >= 11 is 1.42. The Morgan fingerprint density at radius 1 is 1.15 bits per heavy atom. The molecule has 34 heavy (non-hydrogen) atoms. The Hall–Kier alpha value is -3.49. The first-order valence-corrected chi connectivity index (χ1v) is 11.7. The standard InChI is InChI=1S/C26H28N4O3S/c1-15-9-19(12-24(33-4)16(15)2)25-20(14-29-34-25)18-5-6-23(32-3)22(11-18)30-26(31)21(27)10-17-7-8-28-13-17/h5-6,8-9,11-14,21H,7,10,27H2,1-4H3,(H,30,31)/t21-/m1/s1. The van der Waals surface area contributed by atoms with Gasteiger partial charge in [0.05, 0.1) is 30.8 Å². The van der Waals surface area contributed by atoms with Crippen LogP contribution in [0.25, 0.3) is 21.6 Å². The van der Waals surface area contributed by atoms with Gasteiger partial charge in [0.15, 0.2) is 0 Å². The number of carbonyl (C=O) groups is 1. The van der Waals surface area contributed by atoms with Crippen molar-refractivity contribution >= 4 is 29.3 Å². The van der Waals surface area contributed by atoms with Crippen molar-refractivity contribution in [2.45, 2.75) is 32.7 Å². The molecule has 0 fully saturated rings. The summed E-state index contributed by atoms with van der Waals surface area (Å²) in [5.74, 6) is 1.13. The van der Waals surface area contributed by atoms with Gasteiger partial charge in [-0.25, -0.2) is 0 Å². The lowest BCUT2D eigenvalue weighted by molar-refractivity contribution is -0.117. The van der Waals surface area contributed by atoms with Gasteiger partial charge in [-0.2, -0.15) is 4.37 Å². The lowest BCUT2D eigenvalue weighted by Gasteiger charge is -2.16. The zero-order valence-electron chi connectivity index (χ0n) is 19.7. The van der Waals surface area contributed by atoms with Crippen molar-refractivity contribution in [3.63, 3.8) is 0 Å². The van der Waals surface area contributed by atoms with Crippen LogP contribution in [0.2, 0.25) is 0 Å². The van der Waals surface area contributed by atoms with Gasteiger partial charge < -0.3 is 20.5 Å². The summed E-state index contributed by atoms with van der Waals surface area (Å²) in [6, 6.07) is 9.19. The van der Waals surface area contributed by atoms with E-state index in [9.17, 15) is 4.79 Å². The maximum absolute atomic E-state index is 12.8. The molecule has 3 N–H and O–H groups in total. The number of amides is 1. The summed E-state index contributed by atoms with van der Waals surface area (Å²) in [7, 11) is 3.25. The third-order valence-corrected chi connectivity index (χ3v) is 6.82. The number of rotatable bonds is 8. The highest BCUT2D eigenvalue weighted by Crippen LogP contribution is 2.40. The fourth-order valence-corrected chi connectivity index (χ4v) is 4.67. The molecule has 3 aromatic rings. The van der Waals surface area contributed by atoms with Crippen LogP contribution in [0.4, 0.5) is 5.69 Å². The third-order valence-electron chi connectivity index (χ3n) is 5.98. The average molecular weight is 477 g/mol. The van der Waals surface area contributed by atoms with Crippen LogP contribution in [-0.2, 0) is 4.79 Å². The lowest BCUT2D eigenvalue weighted by atomic mass is 9.99. The Bertz CT molecular complexity index is 1280. The van der Waals surface area contributed by atoms with Crippen LogP contribution < -0.4 is 20.5 Å². The number of hydrogen-bond donors (Lipinski definition) is 2. The first-order chi connectivity index (χ1) is 16.4. The second kappa shape index (κ2) is 10.2. The highest BCUT2D eigenvalue weighted by molar-refractivity contribution is 7.10. The number of carbonyl (C=O) groups excluding carboxylic acids is 1. The van der Waals surface area contributed by atoms with E-state index in [1.807, 2.05) is 43.6 Å². The number of aryl methyl sites for hydroxylation is 1. The fraction of sp³-hybridized carbons (Fsp3) is 0.269. The Morgan fingerprint density at radius 2 is 1.94 bits per heavy atom. The minimum Gasteiger partial charge on any atom is -0.496 e. The largest absolute Gasteiger partial charge is 0.496 e. The predicted octanol–water partition coefficient (Wildman–Crippen LogP) is 5.13. The van der Waals surface area contributed by atoms with Gasteiger partial charge in [-0.15, -0.1) is 0 Å². The molecule has 4 rings (SSSR count). The molecule has 0 spiro atoms. The summed E-state index contributed by atoms with van der Waals surface area (Å²) in [6.45, 7) is 4.12. The number of aromatic nitrogens is 1. The first-order valence-electron chi connectivity index (χ1n) is 11.0. The summed E-state index contributed by atoms with van der Waals surface area (Å²) in [5.41, 5.74) is 12.9. The van der Waals surface area contributed by atoms with Gasteiger partial charge in [0.2, 0.25) is 5.91 Å². The molecule has 1 aliphatic heterocycles. The number of ether oxygens (including phenoxy) is 2. The van der Waals surface area contributed by atoms with Crippen LogP contribution in [0.5, 0.6) is 11.5 Å². The van der Waals surface area contributed by atoms with Crippen LogP contribution in [0, 0.1) is 13.8 Å². The average Bonchev–Trinajstić information content (AvgIpc) is 3.53. The molecular weight excluding hydrogens is 448 g/mol. The van der Waals surface area contributed by atoms with E-state index in [-0.39, 0.29) is 5.91 Å². The van der Waals surface area contributed by atoms with Crippen LogP contribution >= 0.6 is 11.5 Å². The number of hydrogen-bond acceptors (Lipinski definition) is 7. The lowest BCUT2D eigenvalue weighted by Crippen LogP contribution is -2.36. The molecule has 2 aromatic carbocycles. The molecule has 7 nitrogen and oxygen atoms in total. The van der Waals surface area contributed by atoms with E-state index in [1.54, 1.807) is 20.4 Å². The van der Waals surface area contributed by atoms with Gasteiger partial charge in [-0.05, 0) is 77.8 Å². The van der Waals surface area contributed by atoms with Gasteiger partial charge in [0, 0.05) is 30.6 Å². The molecule has 0 bridgehead atoms. The number of nitrogens with one attached hydrogen (secondary N) is 1. The van der Waals surface area contributed by atoms with Gasteiger partial charge in [-0.3, -0.25) is 9.79 Å². The van der Waals surface area contributed by atoms with Gasteiger partial charge >= 0.3 is 0 Å². The van der Waals surface area contributed by atoms with Crippen molar-refractivity contribution in [3.8, 4) is 33.1 Å². The number of methoxy groups -OCH3 is 2. The molecule has 1 amide bonds. The zero-order valence-corrected chi connectivity index (χ0v) is 20.5. The van der Waals surface area contributed by atoms with E-state index in [0.29, 0.717) is 17.9 Å². The minimum absolute atomic E-state index is 0.272. The van der Waals surface area contributed by atoms with E-state index in [0.717, 1.165) is 50.4 Å². The smallest absolute Gasteiger partial charge is 0.241 e. The maximum Gasteiger partial charge on any atom is 0.241 e. The molecule has 0 saturated heterocycles. The quantitative estimate of drug-likeness (QED) is 0.470. The van der Waals surface area contributed by atoms with Crippen LogP contribution in [0.3, 0.4) is 0 Å². The monoisotopic (exact) mass is 476 g/mol. The van der Waals surface area contributed by atoms with Gasteiger partial charge in [-0.1, -0.05) is 12.1 Å². The molecule has 176 valence electrons. The zero-order chi connectivity index (χ0) is 24.2. The molecule has 1 atom stereocenters. The molecule has 0 radical (unpaired) electrons. The number of nitrogens with two attached hydrogens (primary N) is 1. The molecule has 2 heterocycles. The molecule has 1 aromatic heterocycles. The molecule has 8 heteroatoms. The normalized spacial score (nSPS) is 13.5. The minimum atomic E-state index is -0.678. The second-order valence-corrected chi connectivity index (χ2v) is 9.03. The van der Waals surface area contributed by atoms with Crippen LogP contribution in [0.15, 0.2) is 53.3 Å². The molecular formula is C26H28N4O3S. The topological polar surface area (TPSA) is 98.8 Å². The Balaban J connectivity index is 1.64. The van der Waals surface area contributed by atoms with Crippen molar-refractivity contribution in [3.05, 3.63) is 59.4 Å². The third kappa shape index (κ3) is 4.88. The van der Waals surface area contributed by atoms with Crippen molar-refractivity contribution in [2.24, 2.45) is 10.7 Å². The second-order valence-electron chi connectivity index (χ2n) is 8.23. The fourth-order valence-electron chi connectivity index (χ4n) is 3.91. The van der Waals surface area contributed by atoms with Crippen LogP contribution in [0.1, 0.15) is 24.0 Å². The number of aliphatic imine (C=N–C) groups is 1. The van der Waals surface area contributed by atoms with Crippen molar-refractivity contribution in [1.29, 1.82) is 0 Å². The van der Waals surface area contributed by atoms with Crippen LogP contribution in [-0.4, -0.2) is 36.8 Å². The van der Waals surface area contributed by atoms with Crippen molar-refractivity contribution < 1.29 is 14.3 Å². The summed E-state index contributed by atoms with van der Waals surface area (Å²) in [5, 5.41) is 2.94. The summed E-state index contributed by atoms with van der Waals surface area (Å²) in [4.78, 5) is 17.9. The Kier molecular flexibility index (Phi) is 7.09. The van der Waals surface area contributed by atoms with Gasteiger partial charge in [0.25, 0.3) is 0 Å². The summed E-state index contributed by atoms with van der Waals surface area (Å²) in [6.07, 6.45) is 6.61. The van der Waals surface area contributed by atoms with E-state index in [4.69, 9.17) is 15.2 Å². The SMILES string of the molecule is COc1ccc(-c2cnsc2-c2cc(C)c(C)c(OC)c2)cc1NC(=O)[C@H](N)CC1=CN=CC1. The maximum atomic E-state index is 12.8. The number of anilines is 1. The number of benzene rings is 2. The molecule has 0 unspecified atom stereocenters. The van der Waals surface area contributed by atoms with Crippen molar-refractivity contribution in [1.82, 2.24) is 4.37 Å². The molecule has 0 saturated carbocycles. The molecule has 1 aliphatic rings. The highest BCUT2D eigenvalue weighted by Gasteiger charge is 2.20.